The molecule has 3 rings (SSSR count). The van der Waals surface area contributed by atoms with Crippen molar-refractivity contribution in [1.82, 2.24) is 0 Å². The van der Waals surface area contributed by atoms with Crippen LogP contribution in [0.3, 0.4) is 0 Å². The maximum absolute atomic E-state index is 6.03. The molecule has 0 aromatic heterocycles. The second kappa shape index (κ2) is 3.30. The Hall–Kier alpha value is -0.890. The number of hydrogen-bond acceptors (Lipinski definition) is 3. The second-order valence-electron chi connectivity index (χ2n) is 4.13. The summed E-state index contributed by atoms with van der Waals surface area (Å²) in [6, 6.07) is 10.1. The molecule has 0 N–H and O–H groups in total. The van der Waals surface area contributed by atoms with Crippen molar-refractivity contribution in [2.75, 3.05) is 19.4 Å². The van der Waals surface area contributed by atoms with Gasteiger partial charge in [-0.15, -0.1) is 0 Å². The van der Waals surface area contributed by atoms with Crippen LogP contribution in [0.4, 0.5) is 0 Å². The van der Waals surface area contributed by atoms with Crippen LogP contribution >= 0.6 is 7.28 Å². The van der Waals surface area contributed by atoms with Gasteiger partial charge in [-0.05, 0) is 0 Å². The normalized spacial score (nSPS) is 28.1. The van der Waals surface area contributed by atoms with E-state index in [0.717, 1.165) is 17.2 Å². The van der Waals surface area contributed by atoms with Crippen molar-refractivity contribution in [3.05, 3.63) is 42.2 Å². The van der Waals surface area contributed by atoms with E-state index in [-0.39, 0.29) is 0 Å². The molecular formula is C12H15O3P. The van der Waals surface area contributed by atoms with Crippen LogP contribution in [-0.4, -0.2) is 19.4 Å². The molecule has 2 aliphatic rings. The number of benzene rings is 1. The molecule has 0 bridgehead atoms. The van der Waals surface area contributed by atoms with Gasteiger partial charge in [0, 0.05) is 0 Å². The Morgan fingerprint density at radius 1 is 1.06 bits per heavy atom. The van der Waals surface area contributed by atoms with Gasteiger partial charge in [0.2, 0.25) is 0 Å². The first-order valence-corrected chi connectivity index (χ1v) is 7.65. The molecule has 0 atom stereocenters. The zero-order valence-electron chi connectivity index (χ0n) is 9.26. The molecule has 0 amide bonds. The fraction of sp³-hybridized carbons (Fsp3) is 0.333. The number of hydrogen-bond donors (Lipinski definition) is 0. The van der Waals surface area contributed by atoms with Crippen molar-refractivity contribution in [3.8, 4) is 0 Å². The summed E-state index contributed by atoms with van der Waals surface area (Å²) in [6.45, 7) is 3.19. The van der Waals surface area contributed by atoms with E-state index in [2.05, 4.69) is 6.08 Å². The minimum absolute atomic E-state index is 0.619. The topological polar surface area (TPSA) is 27.7 Å². The van der Waals surface area contributed by atoms with Crippen molar-refractivity contribution in [2.24, 2.45) is 0 Å². The molecule has 1 aromatic rings. The molecule has 0 unspecified atom stereocenters. The molecule has 0 radical (unpaired) electrons. The second-order valence-corrected chi connectivity index (χ2v) is 7.80. The van der Waals surface area contributed by atoms with Crippen LogP contribution in [0.15, 0.2) is 42.2 Å². The Morgan fingerprint density at radius 3 is 2.31 bits per heavy atom. The molecule has 0 aliphatic carbocycles. The van der Waals surface area contributed by atoms with Gasteiger partial charge in [0.1, 0.15) is 0 Å². The SMILES string of the molecule is CC1=CCP2(c3ccccc3)(OCCO2)O1. The van der Waals surface area contributed by atoms with E-state index in [1.165, 1.54) is 0 Å². The molecule has 1 fully saturated rings. The van der Waals surface area contributed by atoms with Crippen LogP contribution in [-0.2, 0) is 13.6 Å². The average molecular weight is 238 g/mol. The fourth-order valence-corrected chi connectivity index (χ4v) is 6.26. The van der Waals surface area contributed by atoms with Gasteiger partial charge in [0.25, 0.3) is 0 Å². The van der Waals surface area contributed by atoms with Gasteiger partial charge in [-0.3, -0.25) is 0 Å². The Labute approximate surface area is 95.2 Å². The summed E-state index contributed by atoms with van der Waals surface area (Å²) in [5, 5.41) is 1.05. The fourth-order valence-electron chi connectivity index (χ4n) is 2.31. The molecule has 1 aromatic carbocycles. The summed E-state index contributed by atoms with van der Waals surface area (Å²) >= 11 is 0. The Kier molecular flexibility index (Phi) is 2.12. The van der Waals surface area contributed by atoms with Gasteiger partial charge < -0.3 is 0 Å². The zero-order chi connectivity index (χ0) is 11.1. The van der Waals surface area contributed by atoms with Crippen molar-refractivity contribution in [1.29, 1.82) is 0 Å². The van der Waals surface area contributed by atoms with Crippen molar-refractivity contribution >= 4 is 12.6 Å². The molecule has 4 heteroatoms. The first-order valence-electron chi connectivity index (χ1n) is 5.48. The van der Waals surface area contributed by atoms with Crippen molar-refractivity contribution < 1.29 is 13.6 Å². The predicted octanol–water partition coefficient (Wildman–Crippen LogP) is 2.59. The van der Waals surface area contributed by atoms with Crippen LogP contribution in [0.1, 0.15) is 6.92 Å². The maximum atomic E-state index is 6.03. The van der Waals surface area contributed by atoms with Gasteiger partial charge in [-0.1, -0.05) is 0 Å². The number of allylic oxidation sites excluding steroid dienone is 2. The van der Waals surface area contributed by atoms with Crippen LogP contribution in [0.25, 0.3) is 0 Å². The molecule has 2 heterocycles. The van der Waals surface area contributed by atoms with E-state index in [1.54, 1.807) is 0 Å². The molecule has 86 valence electrons. The summed E-state index contributed by atoms with van der Waals surface area (Å²) in [5.74, 6) is 0.906. The van der Waals surface area contributed by atoms with Crippen molar-refractivity contribution in [2.45, 2.75) is 6.92 Å². The van der Waals surface area contributed by atoms with Gasteiger partial charge in [0.05, 0.1) is 0 Å². The summed E-state index contributed by atoms with van der Waals surface area (Å²) in [6.07, 6.45) is 2.80. The Bertz CT molecular complexity index is 435. The van der Waals surface area contributed by atoms with Gasteiger partial charge in [-0.2, -0.15) is 0 Å². The third-order valence-corrected chi connectivity index (χ3v) is 7.24. The molecule has 0 saturated carbocycles. The average Bonchev–Trinajstić information content (AvgIpc) is 2.89. The molecule has 1 saturated heterocycles. The summed E-state index contributed by atoms with van der Waals surface area (Å²) in [4.78, 5) is 0. The van der Waals surface area contributed by atoms with E-state index in [9.17, 15) is 0 Å². The summed E-state index contributed by atoms with van der Waals surface area (Å²) < 4.78 is 18.0. The molecule has 3 nitrogen and oxygen atoms in total. The monoisotopic (exact) mass is 238 g/mol. The third kappa shape index (κ3) is 1.26. The Balaban J connectivity index is 2.12. The standard InChI is InChI=1S/C12H15O3P/c1-11-7-10-16(15-11,13-8-9-14-16)12-5-3-2-4-6-12/h2-7H,8-10H2,1H3. The van der Waals surface area contributed by atoms with Crippen LogP contribution in [0.2, 0.25) is 0 Å². The third-order valence-electron chi connectivity index (χ3n) is 3.07. The summed E-state index contributed by atoms with van der Waals surface area (Å²) in [5.41, 5.74) is 0. The van der Waals surface area contributed by atoms with Crippen molar-refractivity contribution in [3.63, 3.8) is 0 Å². The molecular weight excluding hydrogens is 223 g/mol. The van der Waals surface area contributed by atoms with Gasteiger partial charge in [0.15, 0.2) is 0 Å². The van der Waals surface area contributed by atoms with E-state index in [4.69, 9.17) is 13.6 Å². The minimum atomic E-state index is -3.03. The van der Waals surface area contributed by atoms with Crippen LogP contribution in [0.5, 0.6) is 0 Å². The molecule has 1 spiro atoms. The van der Waals surface area contributed by atoms with Gasteiger partial charge >= 0.3 is 94.6 Å². The molecule has 16 heavy (non-hydrogen) atoms. The van der Waals surface area contributed by atoms with E-state index in [0.29, 0.717) is 13.2 Å². The van der Waals surface area contributed by atoms with Crippen LogP contribution in [0, 0.1) is 0 Å². The Morgan fingerprint density at radius 2 is 1.75 bits per heavy atom. The predicted molar refractivity (Wildman–Crippen MR) is 64.6 cm³/mol. The molecule has 2 aliphatic heterocycles. The number of rotatable bonds is 1. The van der Waals surface area contributed by atoms with E-state index < -0.39 is 7.28 Å². The first kappa shape index (κ1) is 10.3. The van der Waals surface area contributed by atoms with E-state index >= 15 is 0 Å². The van der Waals surface area contributed by atoms with E-state index in [1.807, 2.05) is 37.3 Å². The quantitative estimate of drug-likeness (QED) is 0.704. The first-order chi connectivity index (χ1) is 7.73. The summed E-state index contributed by atoms with van der Waals surface area (Å²) in [7, 11) is -3.03. The zero-order valence-corrected chi connectivity index (χ0v) is 10.2. The van der Waals surface area contributed by atoms with Gasteiger partial charge in [-0.25, -0.2) is 0 Å². The van der Waals surface area contributed by atoms with Crippen LogP contribution < -0.4 is 5.30 Å².